The highest BCUT2D eigenvalue weighted by atomic mass is 32.1. The predicted molar refractivity (Wildman–Crippen MR) is 70.5 cm³/mol. The molecule has 0 aliphatic rings. The average molecular weight is 239 g/mol. The fraction of sp³-hybridized carbons (Fsp3) is 0.615. The summed E-state index contributed by atoms with van der Waals surface area (Å²) in [5.41, 5.74) is 0.901. The molecule has 0 fully saturated rings. The topological polar surface area (TPSA) is 20.3 Å². The van der Waals surface area contributed by atoms with Gasteiger partial charge in [0.1, 0.15) is 0 Å². The molecule has 16 heavy (non-hydrogen) atoms. The van der Waals surface area contributed by atoms with Crippen LogP contribution in [-0.2, 0) is 0 Å². The molecule has 0 aliphatic carbocycles. The second-order valence-corrected chi connectivity index (χ2v) is 6.30. The van der Waals surface area contributed by atoms with Crippen LogP contribution in [-0.4, -0.2) is 30.8 Å². The number of nitrogens with zero attached hydrogens (tertiary/aromatic N) is 1. The van der Waals surface area contributed by atoms with E-state index in [0.29, 0.717) is 12.5 Å². The maximum Gasteiger partial charge on any atom is 0.177 e. The van der Waals surface area contributed by atoms with Crippen LogP contribution in [0.3, 0.4) is 0 Å². The third-order valence-electron chi connectivity index (χ3n) is 2.43. The molecule has 1 rings (SSSR count). The zero-order chi connectivity index (χ0) is 12.3. The number of thiophene rings is 1. The highest BCUT2D eigenvalue weighted by Crippen LogP contribution is 2.21. The monoisotopic (exact) mass is 239 g/mol. The van der Waals surface area contributed by atoms with Crippen molar-refractivity contribution < 1.29 is 4.79 Å². The van der Waals surface area contributed by atoms with Crippen LogP contribution in [0.1, 0.15) is 34.0 Å². The van der Waals surface area contributed by atoms with Gasteiger partial charge in [0, 0.05) is 21.9 Å². The summed E-state index contributed by atoms with van der Waals surface area (Å²) in [5, 5.41) is 0. The molecule has 0 spiro atoms. The highest BCUT2D eigenvalue weighted by molar-refractivity contribution is 7.12. The van der Waals surface area contributed by atoms with Gasteiger partial charge in [0.2, 0.25) is 0 Å². The molecule has 0 saturated heterocycles. The molecule has 1 aromatic rings. The summed E-state index contributed by atoms with van der Waals surface area (Å²) < 4.78 is 0. The Hall–Kier alpha value is -0.670. The molecule has 90 valence electrons. The molecule has 1 aromatic heterocycles. The predicted octanol–water partition coefficient (Wildman–Crippen LogP) is 3.14. The lowest BCUT2D eigenvalue weighted by Crippen LogP contribution is -2.29. The van der Waals surface area contributed by atoms with E-state index in [1.165, 1.54) is 4.88 Å². The van der Waals surface area contributed by atoms with Crippen LogP contribution < -0.4 is 0 Å². The van der Waals surface area contributed by atoms with Gasteiger partial charge in [0.15, 0.2) is 5.78 Å². The van der Waals surface area contributed by atoms with Crippen LogP contribution >= 0.6 is 11.3 Å². The van der Waals surface area contributed by atoms with Crippen LogP contribution in [0, 0.1) is 19.8 Å². The van der Waals surface area contributed by atoms with E-state index in [1.54, 1.807) is 11.3 Å². The van der Waals surface area contributed by atoms with Gasteiger partial charge < -0.3 is 0 Å². The summed E-state index contributed by atoms with van der Waals surface area (Å²) in [7, 11) is 2.01. The van der Waals surface area contributed by atoms with Crippen molar-refractivity contribution in [1.29, 1.82) is 0 Å². The minimum absolute atomic E-state index is 0.241. The van der Waals surface area contributed by atoms with Gasteiger partial charge in [-0.3, -0.25) is 9.69 Å². The number of ketones is 1. The molecule has 0 atom stereocenters. The second kappa shape index (κ2) is 5.60. The molecule has 0 amide bonds. The molecule has 0 saturated carbocycles. The Balaban J connectivity index is 2.62. The zero-order valence-electron chi connectivity index (χ0n) is 10.8. The van der Waals surface area contributed by atoms with Gasteiger partial charge in [-0.15, -0.1) is 11.3 Å². The van der Waals surface area contributed by atoms with Gasteiger partial charge in [-0.25, -0.2) is 0 Å². The van der Waals surface area contributed by atoms with Gasteiger partial charge in [0.25, 0.3) is 0 Å². The van der Waals surface area contributed by atoms with E-state index in [9.17, 15) is 4.79 Å². The van der Waals surface area contributed by atoms with E-state index in [1.807, 2.05) is 27.0 Å². The van der Waals surface area contributed by atoms with Crippen LogP contribution in [0.2, 0.25) is 0 Å². The van der Waals surface area contributed by atoms with E-state index in [4.69, 9.17) is 0 Å². The molecule has 1 heterocycles. The quantitative estimate of drug-likeness (QED) is 0.736. The van der Waals surface area contributed by atoms with E-state index >= 15 is 0 Å². The molecule has 2 nitrogen and oxygen atoms in total. The number of hydrogen-bond donors (Lipinski definition) is 0. The van der Waals surface area contributed by atoms with Crippen molar-refractivity contribution in [2.45, 2.75) is 27.7 Å². The van der Waals surface area contributed by atoms with Crippen molar-refractivity contribution in [1.82, 2.24) is 4.90 Å². The molecule has 0 bridgehead atoms. The lowest BCUT2D eigenvalue weighted by Gasteiger charge is -2.17. The first-order valence-electron chi connectivity index (χ1n) is 5.69. The van der Waals surface area contributed by atoms with E-state index in [2.05, 4.69) is 18.7 Å². The smallest absolute Gasteiger partial charge is 0.177 e. The van der Waals surface area contributed by atoms with Crippen molar-refractivity contribution in [2.24, 2.45) is 5.92 Å². The Kier molecular flexibility index (Phi) is 4.69. The van der Waals surface area contributed by atoms with Gasteiger partial charge >= 0.3 is 0 Å². The number of hydrogen-bond acceptors (Lipinski definition) is 3. The van der Waals surface area contributed by atoms with E-state index in [-0.39, 0.29) is 5.78 Å². The average Bonchev–Trinajstić information content (AvgIpc) is 2.43. The summed E-state index contributed by atoms with van der Waals surface area (Å²) in [6.07, 6.45) is 0. The van der Waals surface area contributed by atoms with E-state index < -0.39 is 0 Å². The molecule has 0 aliphatic heterocycles. The minimum Gasteiger partial charge on any atom is -0.299 e. The molecule has 0 aromatic carbocycles. The molecule has 3 heteroatoms. The van der Waals surface area contributed by atoms with Crippen molar-refractivity contribution in [2.75, 3.05) is 20.1 Å². The van der Waals surface area contributed by atoms with Crippen molar-refractivity contribution >= 4 is 17.1 Å². The van der Waals surface area contributed by atoms with Crippen molar-refractivity contribution in [3.63, 3.8) is 0 Å². The maximum atomic E-state index is 12.0. The third kappa shape index (κ3) is 3.72. The second-order valence-electron chi connectivity index (χ2n) is 4.84. The Morgan fingerprint density at radius 2 is 2.06 bits per heavy atom. The zero-order valence-corrected chi connectivity index (χ0v) is 11.6. The number of carbonyl (C=O) groups excluding carboxylic acids is 1. The Labute approximate surface area is 102 Å². The first-order chi connectivity index (χ1) is 7.40. The summed E-state index contributed by atoms with van der Waals surface area (Å²) in [4.78, 5) is 16.5. The third-order valence-corrected chi connectivity index (χ3v) is 3.40. The SMILES string of the molecule is Cc1cc(C(=O)CN(C)CC(C)C)c(C)s1. The number of carbonyl (C=O) groups is 1. The fourth-order valence-corrected chi connectivity index (χ4v) is 2.87. The maximum absolute atomic E-state index is 12.0. The first kappa shape index (κ1) is 13.4. The first-order valence-corrected chi connectivity index (χ1v) is 6.50. The molecule has 0 unspecified atom stereocenters. The number of aryl methyl sites for hydroxylation is 2. The Morgan fingerprint density at radius 1 is 1.44 bits per heavy atom. The molecular weight excluding hydrogens is 218 g/mol. The summed E-state index contributed by atoms with van der Waals surface area (Å²) in [6, 6.07) is 2.01. The minimum atomic E-state index is 0.241. The highest BCUT2D eigenvalue weighted by Gasteiger charge is 2.14. The summed E-state index contributed by atoms with van der Waals surface area (Å²) in [6.45, 7) is 9.89. The fourth-order valence-electron chi connectivity index (χ4n) is 1.93. The van der Waals surface area contributed by atoms with Gasteiger partial charge in [-0.2, -0.15) is 0 Å². The van der Waals surface area contributed by atoms with Gasteiger partial charge in [-0.1, -0.05) is 13.8 Å². The lowest BCUT2D eigenvalue weighted by atomic mass is 10.1. The number of likely N-dealkylation sites (N-methyl/N-ethyl adjacent to an activating group) is 1. The lowest BCUT2D eigenvalue weighted by molar-refractivity contribution is 0.0940. The van der Waals surface area contributed by atoms with Crippen LogP contribution in [0.5, 0.6) is 0 Å². The number of Topliss-reactive ketones (excluding diaryl/α,β-unsaturated/α-hetero) is 1. The van der Waals surface area contributed by atoms with Crippen molar-refractivity contribution in [3.05, 3.63) is 21.4 Å². The Morgan fingerprint density at radius 3 is 2.50 bits per heavy atom. The van der Waals surface area contributed by atoms with Crippen molar-refractivity contribution in [3.8, 4) is 0 Å². The van der Waals surface area contributed by atoms with Crippen LogP contribution in [0.4, 0.5) is 0 Å². The molecular formula is C13H21NOS. The molecule has 0 radical (unpaired) electrons. The number of rotatable bonds is 5. The summed E-state index contributed by atoms with van der Waals surface area (Å²) in [5.74, 6) is 0.841. The Bertz CT molecular complexity index is 368. The van der Waals surface area contributed by atoms with Crippen LogP contribution in [0.15, 0.2) is 6.07 Å². The molecule has 0 N–H and O–H groups in total. The largest absolute Gasteiger partial charge is 0.299 e. The van der Waals surface area contributed by atoms with Gasteiger partial charge in [-0.05, 0) is 32.9 Å². The van der Waals surface area contributed by atoms with Gasteiger partial charge in [0.05, 0.1) is 6.54 Å². The standard InChI is InChI=1S/C13H21NOS/c1-9(2)7-14(5)8-13(15)12-6-10(3)16-11(12)4/h6,9H,7-8H2,1-5H3. The van der Waals surface area contributed by atoms with Crippen LogP contribution in [0.25, 0.3) is 0 Å². The summed E-state index contributed by atoms with van der Waals surface area (Å²) >= 11 is 1.70. The van der Waals surface area contributed by atoms with E-state index in [0.717, 1.165) is 17.0 Å². The normalized spacial score (nSPS) is 11.4.